The van der Waals surface area contributed by atoms with Gasteiger partial charge in [-0.15, -0.1) is 0 Å². The van der Waals surface area contributed by atoms with E-state index in [-0.39, 0.29) is 11.9 Å². The van der Waals surface area contributed by atoms with E-state index in [4.69, 9.17) is 0 Å². The third-order valence-electron chi connectivity index (χ3n) is 2.42. The molecule has 0 aromatic carbocycles. The van der Waals surface area contributed by atoms with Crippen LogP contribution in [-0.4, -0.2) is 43.2 Å². The molecular formula is C11H23FN2O. The molecule has 0 heterocycles. The summed E-state index contributed by atoms with van der Waals surface area (Å²) in [4.78, 5) is 13.2. The fraction of sp³-hybridized carbons (Fsp3) is 0.909. The first-order chi connectivity index (χ1) is 6.78. The van der Waals surface area contributed by atoms with E-state index < -0.39 is 5.67 Å². The summed E-state index contributed by atoms with van der Waals surface area (Å²) in [5.41, 5.74) is -1.23. The summed E-state index contributed by atoms with van der Waals surface area (Å²) in [7, 11) is 3.54. The number of hydrogen-bond acceptors (Lipinski definition) is 2. The minimum absolute atomic E-state index is 0.0566. The standard InChI is InChI=1S/C11H23FN2O/c1-9(8-11(2,3)12)14(5)10(15)6-7-13-4/h9,13H,6-8H2,1-5H3. The smallest absolute Gasteiger partial charge is 0.223 e. The van der Waals surface area contributed by atoms with E-state index in [1.807, 2.05) is 6.92 Å². The van der Waals surface area contributed by atoms with Gasteiger partial charge in [0.05, 0.1) is 0 Å². The van der Waals surface area contributed by atoms with Crippen molar-refractivity contribution in [2.45, 2.75) is 45.3 Å². The van der Waals surface area contributed by atoms with Gasteiger partial charge in [-0.2, -0.15) is 0 Å². The predicted octanol–water partition coefficient (Wildman–Crippen LogP) is 1.58. The lowest BCUT2D eigenvalue weighted by molar-refractivity contribution is -0.132. The van der Waals surface area contributed by atoms with Crippen molar-refractivity contribution in [3.05, 3.63) is 0 Å². The van der Waals surface area contributed by atoms with Gasteiger partial charge in [0.25, 0.3) is 0 Å². The fourth-order valence-electron chi connectivity index (χ4n) is 1.49. The molecule has 0 aliphatic rings. The molecule has 0 radical (unpaired) electrons. The quantitative estimate of drug-likeness (QED) is 0.734. The van der Waals surface area contributed by atoms with Gasteiger partial charge in [0.1, 0.15) is 5.67 Å². The molecule has 3 nitrogen and oxygen atoms in total. The minimum Gasteiger partial charge on any atom is -0.343 e. The number of nitrogens with one attached hydrogen (secondary N) is 1. The van der Waals surface area contributed by atoms with Crippen LogP contribution in [-0.2, 0) is 4.79 Å². The van der Waals surface area contributed by atoms with E-state index in [0.717, 1.165) is 0 Å². The summed E-state index contributed by atoms with van der Waals surface area (Å²) in [5, 5.41) is 2.92. The first kappa shape index (κ1) is 14.4. The van der Waals surface area contributed by atoms with Crippen molar-refractivity contribution in [1.82, 2.24) is 10.2 Å². The second-order valence-electron chi connectivity index (χ2n) is 4.63. The molecule has 0 saturated carbocycles. The molecular weight excluding hydrogens is 195 g/mol. The number of alkyl halides is 1. The molecule has 0 bridgehead atoms. The maximum atomic E-state index is 13.4. The maximum Gasteiger partial charge on any atom is 0.223 e. The number of hydrogen-bond donors (Lipinski definition) is 1. The number of halogens is 1. The molecule has 15 heavy (non-hydrogen) atoms. The highest BCUT2D eigenvalue weighted by atomic mass is 19.1. The average Bonchev–Trinajstić information content (AvgIpc) is 2.10. The van der Waals surface area contributed by atoms with Crippen LogP contribution in [0.15, 0.2) is 0 Å². The van der Waals surface area contributed by atoms with Crippen molar-refractivity contribution in [1.29, 1.82) is 0 Å². The number of amides is 1. The molecule has 0 fully saturated rings. The zero-order chi connectivity index (χ0) is 12.1. The Kier molecular flexibility index (Phi) is 5.80. The summed E-state index contributed by atoms with van der Waals surface area (Å²) in [6.45, 7) is 5.61. The van der Waals surface area contributed by atoms with Gasteiger partial charge < -0.3 is 10.2 Å². The highest BCUT2D eigenvalue weighted by Gasteiger charge is 2.24. The molecule has 0 aliphatic heterocycles. The predicted molar refractivity (Wildman–Crippen MR) is 60.6 cm³/mol. The van der Waals surface area contributed by atoms with Gasteiger partial charge in [0.15, 0.2) is 0 Å². The Morgan fingerprint density at radius 2 is 2.07 bits per heavy atom. The lowest BCUT2D eigenvalue weighted by atomic mass is 10.0. The molecule has 0 aromatic heterocycles. The molecule has 4 heteroatoms. The molecule has 0 rings (SSSR count). The summed E-state index contributed by atoms with van der Waals surface area (Å²) in [5.74, 6) is 0.0566. The molecule has 1 atom stereocenters. The van der Waals surface area contributed by atoms with Crippen LogP contribution in [0.2, 0.25) is 0 Å². The van der Waals surface area contributed by atoms with Crippen molar-refractivity contribution < 1.29 is 9.18 Å². The van der Waals surface area contributed by atoms with E-state index in [9.17, 15) is 9.18 Å². The average molecular weight is 218 g/mol. The number of carbonyl (C=O) groups is 1. The van der Waals surface area contributed by atoms with Crippen LogP contribution in [0, 0.1) is 0 Å². The SMILES string of the molecule is CNCCC(=O)N(C)C(C)CC(C)(C)F. The van der Waals surface area contributed by atoms with Crippen LogP contribution in [0.3, 0.4) is 0 Å². The van der Waals surface area contributed by atoms with Crippen molar-refractivity contribution in [2.24, 2.45) is 0 Å². The molecule has 0 saturated heterocycles. The summed E-state index contributed by atoms with van der Waals surface area (Å²) >= 11 is 0. The second kappa shape index (κ2) is 6.05. The van der Waals surface area contributed by atoms with E-state index in [1.165, 1.54) is 13.8 Å². The van der Waals surface area contributed by atoms with Gasteiger partial charge in [-0.25, -0.2) is 4.39 Å². The van der Waals surface area contributed by atoms with Gasteiger partial charge in [-0.1, -0.05) is 0 Å². The van der Waals surface area contributed by atoms with Gasteiger partial charge >= 0.3 is 0 Å². The zero-order valence-electron chi connectivity index (χ0n) is 10.4. The van der Waals surface area contributed by atoms with Crippen LogP contribution < -0.4 is 5.32 Å². The highest BCUT2D eigenvalue weighted by molar-refractivity contribution is 5.76. The zero-order valence-corrected chi connectivity index (χ0v) is 10.4. The van der Waals surface area contributed by atoms with E-state index in [1.54, 1.807) is 19.0 Å². The summed E-state index contributed by atoms with van der Waals surface area (Å²) in [6.07, 6.45) is 0.832. The van der Waals surface area contributed by atoms with E-state index >= 15 is 0 Å². The fourth-order valence-corrected chi connectivity index (χ4v) is 1.49. The van der Waals surface area contributed by atoms with Crippen LogP contribution >= 0.6 is 0 Å². The molecule has 0 aromatic rings. The Morgan fingerprint density at radius 3 is 2.47 bits per heavy atom. The Bertz CT molecular complexity index is 201. The van der Waals surface area contributed by atoms with Crippen molar-refractivity contribution in [3.8, 4) is 0 Å². The Hall–Kier alpha value is -0.640. The van der Waals surface area contributed by atoms with Gasteiger partial charge in [0, 0.05) is 32.5 Å². The normalized spacial score (nSPS) is 13.7. The molecule has 1 unspecified atom stereocenters. The molecule has 1 N–H and O–H groups in total. The van der Waals surface area contributed by atoms with Crippen LogP contribution in [0.25, 0.3) is 0 Å². The van der Waals surface area contributed by atoms with Gasteiger partial charge in [-0.3, -0.25) is 4.79 Å². The maximum absolute atomic E-state index is 13.4. The summed E-state index contributed by atoms with van der Waals surface area (Å²) < 4.78 is 13.4. The van der Waals surface area contributed by atoms with Crippen molar-refractivity contribution in [3.63, 3.8) is 0 Å². The minimum atomic E-state index is -1.23. The second-order valence-corrected chi connectivity index (χ2v) is 4.63. The molecule has 90 valence electrons. The summed E-state index contributed by atoms with van der Waals surface area (Å²) in [6, 6.07) is -0.0608. The van der Waals surface area contributed by atoms with Crippen molar-refractivity contribution >= 4 is 5.91 Å². The largest absolute Gasteiger partial charge is 0.343 e. The number of carbonyl (C=O) groups excluding carboxylic acids is 1. The Morgan fingerprint density at radius 1 is 1.53 bits per heavy atom. The number of rotatable bonds is 6. The van der Waals surface area contributed by atoms with E-state index in [2.05, 4.69) is 5.32 Å². The van der Waals surface area contributed by atoms with Crippen molar-refractivity contribution in [2.75, 3.05) is 20.6 Å². The highest BCUT2D eigenvalue weighted by Crippen LogP contribution is 2.19. The van der Waals surface area contributed by atoms with Crippen LogP contribution in [0.5, 0.6) is 0 Å². The third kappa shape index (κ3) is 6.44. The number of nitrogens with zero attached hydrogens (tertiary/aromatic N) is 1. The molecule has 0 aliphatic carbocycles. The Labute approximate surface area is 92.0 Å². The lowest BCUT2D eigenvalue weighted by Crippen LogP contribution is -2.39. The first-order valence-corrected chi connectivity index (χ1v) is 5.37. The molecule has 0 spiro atoms. The third-order valence-corrected chi connectivity index (χ3v) is 2.42. The van der Waals surface area contributed by atoms with Gasteiger partial charge in [0.2, 0.25) is 5.91 Å². The topological polar surface area (TPSA) is 32.3 Å². The lowest BCUT2D eigenvalue weighted by Gasteiger charge is -2.28. The van der Waals surface area contributed by atoms with Gasteiger partial charge in [-0.05, 0) is 27.8 Å². The Balaban J connectivity index is 4.07. The molecule has 1 amide bonds. The first-order valence-electron chi connectivity index (χ1n) is 5.37. The monoisotopic (exact) mass is 218 g/mol. The van der Waals surface area contributed by atoms with E-state index in [0.29, 0.717) is 19.4 Å². The van der Waals surface area contributed by atoms with Crippen LogP contribution in [0.4, 0.5) is 4.39 Å². The van der Waals surface area contributed by atoms with Crippen LogP contribution in [0.1, 0.15) is 33.6 Å².